The zero-order valence-electron chi connectivity index (χ0n) is 13.7. The van der Waals surface area contributed by atoms with E-state index in [-0.39, 0.29) is 5.54 Å². The van der Waals surface area contributed by atoms with E-state index in [0.29, 0.717) is 31.1 Å². The van der Waals surface area contributed by atoms with E-state index >= 15 is 0 Å². The van der Waals surface area contributed by atoms with Gasteiger partial charge in [0, 0.05) is 37.7 Å². The summed E-state index contributed by atoms with van der Waals surface area (Å²) in [5.74, 6) is 1.40. The molecular weight excluding hydrogens is 320 g/mol. The molecule has 1 saturated heterocycles. The topological polar surface area (TPSA) is 108 Å². The molecule has 0 aromatic carbocycles. The number of rotatable bonds is 3. The first-order valence-corrected chi connectivity index (χ1v) is 8.26. The smallest absolute Gasteiger partial charge is 0.407 e. The number of carboxylic acid groups (broad SMARTS) is 1. The van der Waals surface area contributed by atoms with Crippen molar-refractivity contribution in [3.05, 3.63) is 36.7 Å². The number of nitrogens with one attached hydrogen (secondary N) is 1. The summed E-state index contributed by atoms with van der Waals surface area (Å²) in [6, 6.07) is 7.41. The lowest BCUT2D eigenvalue weighted by molar-refractivity contribution is 0.110. The first kappa shape index (κ1) is 15.5. The number of hydrogen-bond acceptors (Lipinski definition) is 6. The standard InChI is InChI=1S/C17H20N6O2/c18-13-1-2-14(21-15(13)20-12-3-7-19-8-4-12)22-9-10-23(16(24)25)17(11-22)5-6-17/h1-4,7-8H,5-6,9-11,18H2,(H,24,25)(H,19,20,21). The van der Waals surface area contributed by atoms with Crippen LogP contribution < -0.4 is 16.0 Å². The Kier molecular flexibility index (Phi) is 3.60. The third-order valence-electron chi connectivity index (χ3n) is 4.89. The summed E-state index contributed by atoms with van der Waals surface area (Å²) in [4.78, 5) is 23.8. The molecule has 2 aromatic heterocycles. The predicted octanol–water partition coefficient (Wildman–Crippen LogP) is 2.14. The molecule has 1 spiro atoms. The second kappa shape index (κ2) is 5.80. The highest BCUT2D eigenvalue weighted by Gasteiger charge is 2.53. The van der Waals surface area contributed by atoms with Gasteiger partial charge in [0.1, 0.15) is 5.82 Å². The number of nitrogens with zero attached hydrogens (tertiary/aromatic N) is 4. The Bertz CT molecular complexity index is 793. The van der Waals surface area contributed by atoms with Gasteiger partial charge in [-0.3, -0.25) is 9.88 Å². The van der Waals surface area contributed by atoms with Crippen molar-refractivity contribution in [1.82, 2.24) is 14.9 Å². The van der Waals surface area contributed by atoms with E-state index in [1.54, 1.807) is 17.3 Å². The molecule has 8 nitrogen and oxygen atoms in total. The van der Waals surface area contributed by atoms with Gasteiger partial charge in [0.05, 0.1) is 11.2 Å². The molecule has 8 heteroatoms. The SMILES string of the molecule is Nc1ccc(N2CCN(C(=O)O)C3(CC3)C2)nc1Nc1ccncc1. The van der Waals surface area contributed by atoms with Gasteiger partial charge in [0.25, 0.3) is 0 Å². The molecule has 2 fully saturated rings. The number of hydrogen-bond donors (Lipinski definition) is 3. The number of nitrogen functional groups attached to an aromatic ring is 1. The van der Waals surface area contributed by atoms with Crippen LogP contribution >= 0.6 is 0 Å². The van der Waals surface area contributed by atoms with Gasteiger partial charge in [0.2, 0.25) is 0 Å². The molecule has 0 unspecified atom stereocenters. The number of carbonyl (C=O) groups is 1. The maximum absolute atomic E-state index is 11.4. The van der Waals surface area contributed by atoms with Gasteiger partial charge in [-0.2, -0.15) is 0 Å². The zero-order valence-corrected chi connectivity index (χ0v) is 13.7. The van der Waals surface area contributed by atoms with Crippen LogP contribution in [0.1, 0.15) is 12.8 Å². The van der Waals surface area contributed by atoms with Crippen molar-refractivity contribution >= 4 is 29.1 Å². The van der Waals surface area contributed by atoms with Crippen LogP contribution in [0, 0.1) is 0 Å². The highest BCUT2D eigenvalue weighted by atomic mass is 16.4. The predicted molar refractivity (Wildman–Crippen MR) is 95.1 cm³/mol. The average molecular weight is 340 g/mol. The van der Waals surface area contributed by atoms with E-state index in [1.807, 2.05) is 24.3 Å². The molecule has 1 aliphatic carbocycles. The summed E-state index contributed by atoms with van der Waals surface area (Å²) in [7, 11) is 0. The molecule has 2 aromatic rings. The normalized spacial score (nSPS) is 18.2. The molecule has 3 heterocycles. The first-order chi connectivity index (χ1) is 12.1. The van der Waals surface area contributed by atoms with E-state index in [1.165, 1.54) is 0 Å². The van der Waals surface area contributed by atoms with Crippen molar-refractivity contribution in [2.45, 2.75) is 18.4 Å². The van der Waals surface area contributed by atoms with Crippen molar-refractivity contribution in [2.24, 2.45) is 0 Å². The molecular formula is C17H20N6O2. The third-order valence-corrected chi connectivity index (χ3v) is 4.89. The maximum atomic E-state index is 11.4. The van der Waals surface area contributed by atoms with E-state index in [4.69, 9.17) is 5.73 Å². The third kappa shape index (κ3) is 2.90. The van der Waals surface area contributed by atoms with Crippen LogP contribution in [0.2, 0.25) is 0 Å². The molecule has 0 atom stereocenters. The van der Waals surface area contributed by atoms with Gasteiger partial charge in [-0.05, 0) is 37.1 Å². The zero-order chi connectivity index (χ0) is 17.4. The van der Waals surface area contributed by atoms with Crippen LogP contribution in [-0.2, 0) is 0 Å². The minimum Gasteiger partial charge on any atom is -0.465 e. The van der Waals surface area contributed by atoms with E-state index in [2.05, 4.69) is 20.2 Å². The van der Waals surface area contributed by atoms with E-state index < -0.39 is 6.09 Å². The molecule has 130 valence electrons. The van der Waals surface area contributed by atoms with Crippen molar-refractivity contribution in [2.75, 3.05) is 35.6 Å². The summed E-state index contributed by atoms with van der Waals surface area (Å²) >= 11 is 0. The highest BCUT2D eigenvalue weighted by molar-refractivity contribution is 5.71. The van der Waals surface area contributed by atoms with Crippen LogP contribution in [0.15, 0.2) is 36.7 Å². The van der Waals surface area contributed by atoms with Gasteiger partial charge in [-0.25, -0.2) is 9.78 Å². The molecule has 1 aliphatic heterocycles. The monoisotopic (exact) mass is 340 g/mol. The van der Waals surface area contributed by atoms with Crippen LogP contribution in [-0.4, -0.2) is 51.2 Å². The van der Waals surface area contributed by atoms with Gasteiger partial charge < -0.3 is 21.1 Å². The van der Waals surface area contributed by atoms with Gasteiger partial charge >= 0.3 is 6.09 Å². The number of piperazine rings is 1. The summed E-state index contributed by atoms with van der Waals surface area (Å²) in [5, 5.41) is 12.6. The lowest BCUT2D eigenvalue weighted by Gasteiger charge is -2.41. The minimum absolute atomic E-state index is 0.244. The number of anilines is 4. The molecule has 25 heavy (non-hydrogen) atoms. The first-order valence-electron chi connectivity index (χ1n) is 8.26. The molecule has 4 rings (SSSR count). The Morgan fingerprint density at radius 1 is 1.20 bits per heavy atom. The van der Waals surface area contributed by atoms with E-state index in [0.717, 1.165) is 24.3 Å². The number of amides is 1. The maximum Gasteiger partial charge on any atom is 0.407 e. The molecule has 4 N–H and O–H groups in total. The van der Waals surface area contributed by atoms with Crippen molar-refractivity contribution in [3.8, 4) is 0 Å². The van der Waals surface area contributed by atoms with Crippen molar-refractivity contribution < 1.29 is 9.90 Å². The molecule has 0 radical (unpaired) electrons. The van der Waals surface area contributed by atoms with Crippen LogP contribution in [0.5, 0.6) is 0 Å². The Labute approximate surface area is 145 Å². The summed E-state index contributed by atoms with van der Waals surface area (Å²) in [5.41, 5.74) is 7.23. The molecule has 1 amide bonds. The number of aromatic nitrogens is 2. The average Bonchev–Trinajstić information content (AvgIpc) is 3.36. The van der Waals surface area contributed by atoms with Gasteiger partial charge in [0.15, 0.2) is 5.82 Å². The molecule has 0 bridgehead atoms. The second-order valence-electron chi connectivity index (χ2n) is 6.55. The van der Waals surface area contributed by atoms with Crippen LogP contribution in [0.3, 0.4) is 0 Å². The summed E-state index contributed by atoms with van der Waals surface area (Å²) < 4.78 is 0. The Morgan fingerprint density at radius 2 is 1.96 bits per heavy atom. The lowest BCUT2D eigenvalue weighted by atomic mass is 10.1. The Morgan fingerprint density at radius 3 is 2.64 bits per heavy atom. The quantitative estimate of drug-likeness (QED) is 0.785. The van der Waals surface area contributed by atoms with Gasteiger partial charge in [-0.15, -0.1) is 0 Å². The van der Waals surface area contributed by atoms with Crippen molar-refractivity contribution in [1.29, 1.82) is 0 Å². The highest BCUT2D eigenvalue weighted by Crippen LogP contribution is 2.45. The van der Waals surface area contributed by atoms with Crippen molar-refractivity contribution in [3.63, 3.8) is 0 Å². The fourth-order valence-corrected chi connectivity index (χ4v) is 3.35. The lowest BCUT2D eigenvalue weighted by Crippen LogP contribution is -2.57. The molecule has 2 aliphatic rings. The summed E-state index contributed by atoms with van der Waals surface area (Å²) in [6.45, 7) is 1.79. The van der Waals surface area contributed by atoms with Gasteiger partial charge in [-0.1, -0.05) is 0 Å². The second-order valence-corrected chi connectivity index (χ2v) is 6.55. The largest absolute Gasteiger partial charge is 0.465 e. The fraction of sp³-hybridized carbons (Fsp3) is 0.353. The summed E-state index contributed by atoms with van der Waals surface area (Å²) in [6.07, 6.45) is 4.39. The Hall–Kier alpha value is -3.03. The van der Waals surface area contributed by atoms with Crippen LogP contribution in [0.4, 0.5) is 27.8 Å². The van der Waals surface area contributed by atoms with E-state index in [9.17, 15) is 9.90 Å². The number of pyridine rings is 2. The number of nitrogens with two attached hydrogens (primary N) is 1. The molecule has 1 saturated carbocycles. The Balaban J connectivity index is 1.55. The van der Waals surface area contributed by atoms with Crippen LogP contribution in [0.25, 0.3) is 0 Å². The fourth-order valence-electron chi connectivity index (χ4n) is 3.35. The minimum atomic E-state index is -0.831.